The van der Waals surface area contributed by atoms with Crippen molar-refractivity contribution in [2.24, 2.45) is 11.7 Å². The Balaban J connectivity index is 1.59. The zero-order chi connectivity index (χ0) is 18.4. The number of nitrogens with two attached hydrogens (primary N) is 1. The van der Waals surface area contributed by atoms with Crippen molar-refractivity contribution in [1.82, 2.24) is 5.32 Å². The lowest BCUT2D eigenvalue weighted by Gasteiger charge is -2.68. The molecule has 1 aromatic rings. The first-order valence-electron chi connectivity index (χ1n) is 10.5. The fourth-order valence-corrected chi connectivity index (χ4v) is 6.72. The van der Waals surface area contributed by atoms with E-state index in [1.54, 1.807) is 7.11 Å². The zero-order valence-electron chi connectivity index (χ0n) is 16.0. The van der Waals surface area contributed by atoms with Gasteiger partial charge in [0, 0.05) is 5.41 Å². The molecule has 0 unspecified atom stereocenters. The maximum Gasteiger partial charge on any atom is 0.326 e. The van der Waals surface area contributed by atoms with Gasteiger partial charge < -0.3 is 20.5 Å². The van der Waals surface area contributed by atoms with Crippen LogP contribution < -0.4 is 15.8 Å². The molecule has 3 aliphatic carbocycles. The number of esters is 1. The van der Waals surface area contributed by atoms with Crippen molar-refractivity contribution in [3.63, 3.8) is 0 Å². The molecule has 3 heterocycles. The monoisotopic (exact) mass is 368 g/mol. The summed E-state index contributed by atoms with van der Waals surface area (Å²) < 4.78 is 11.9. The van der Waals surface area contributed by atoms with E-state index in [2.05, 4.69) is 17.4 Å². The summed E-state index contributed by atoms with van der Waals surface area (Å²) in [4.78, 5) is 12.7. The minimum absolute atomic E-state index is 0.176. The van der Waals surface area contributed by atoms with Gasteiger partial charge in [-0.15, -0.1) is 0 Å². The smallest absolute Gasteiger partial charge is 0.326 e. The topological polar surface area (TPSA) is 73.6 Å². The van der Waals surface area contributed by atoms with Crippen LogP contribution in [-0.4, -0.2) is 36.8 Å². The van der Waals surface area contributed by atoms with Crippen LogP contribution in [0.3, 0.4) is 0 Å². The Morgan fingerprint density at radius 3 is 2.89 bits per heavy atom. The fraction of sp³-hybridized carbons (Fsp3) is 0.682. The van der Waals surface area contributed by atoms with E-state index in [1.807, 2.05) is 0 Å². The zero-order valence-corrected chi connectivity index (χ0v) is 16.0. The number of hydrogen-bond acceptors (Lipinski definition) is 5. The molecule has 1 aromatic carbocycles. The third-order valence-corrected chi connectivity index (χ3v) is 8.24. The van der Waals surface area contributed by atoms with Crippen molar-refractivity contribution in [3.05, 3.63) is 28.8 Å². The van der Waals surface area contributed by atoms with E-state index in [0.717, 1.165) is 50.3 Å². The molecular weight excluding hydrogens is 340 g/mol. The lowest BCUT2D eigenvalue weighted by Crippen LogP contribution is -2.81. The molecule has 5 heteroatoms. The maximum atomic E-state index is 12.7. The number of carbonyl (C=O) groups is 1. The fourth-order valence-electron chi connectivity index (χ4n) is 6.72. The summed E-state index contributed by atoms with van der Waals surface area (Å²) in [5.74, 6) is 1.57. The summed E-state index contributed by atoms with van der Waals surface area (Å²) in [5.41, 5.74) is 9.41. The number of methoxy groups -OCH3 is 1. The van der Waals surface area contributed by atoms with Crippen LogP contribution in [0.5, 0.6) is 5.75 Å². The molecule has 7 rings (SSSR count). The van der Waals surface area contributed by atoms with Crippen molar-refractivity contribution in [2.75, 3.05) is 13.7 Å². The van der Waals surface area contributed by atoms with E-state index in [1.165, 1.54) is 29.5 Å². The van der Waals surface area contributed by atoms with E-state index in [-0.39, 0.29) is 17.4 Å². The Labute approximate surface area is 160 Å². The predicted molar refractivity (Wildman–Crippen MR) is 101 cm³/mol. The van der Waals surface area contributed by atoms with Gasteiger partial charge in [0.15, 0.2) is 0 Å². The van der Waals surface area contributed by atoms with Crippen LogP contribution in [0, 0.1) is 5.92 Å². The molecule has 6 aliphatic rings. The Kier molecular flexibility index (Phi) is 3.07. The van der Waals surface area contributed by atoms with Gasteiger partial charge in [-0.1, -0.05) is 0 Å². The summed E-state index contributed by atoms with van der Waals surface area (Å²) >= 11 is 0. The van der Waals surface area contributed by atoms with Crippen molar-refractivity contribution in [3.8, 4) is 5.75 Å². The van der Waals surface area contributed by atoms with Gasteiger partial charge in [0.25, 0.3) is 0 Å². The van der Waals surface area contributed by atoms with E-state index in [4.69, 9.17) is 15.2 Å². The minimum Gasteiger partial charge on any atom is -0.497 e. The van der Waals surface area contributed by atoms with Crippen LogP contribution in [0.25, 0.3) is 0 Å². The highest BCUT2D eigenvalue weighted by Crippen LogP contribution is 2.63. The average molecular weight is 368 g/mol. The molecule has 5 fully saturated rings. The van der Waals surface area contributed by atoms with E-state index in [9.17, 15) is 4.79 Å². The molecule has 5 nitrogen and oxygen atoms in total. The van der Waals surface area contributed by atoms with Crippen molar-refractivity contribution in [1.29, 1.82) is 0 Å². The van der Waals surface area contributed by atoms with E-state index in [0.29, 0.717) is 6.42 Å². The largest absolute Gasteiger partial charge is 0.497 e. The quantitative estimate of drug-likeness (QED) is 0.798. The molecule has 0 aromatic heterocycles. The lowest BCUT2D eigenvalue weighted by atomic mass is 9.45. The number of fused-ring (bicyclic) bond motifs is 3. The molecule has 2 saturated carbocycles. The summed E-state index contributed by atoms with van der Waals surface area (Å²) in [6.07, 6.45) is 8.04. The number of hydrogen-bond donors (Lipinski definition) is 2. The van der Waals surface area contributed by atoms with Crippen LogP contribution >= 0.6 is 0 Å². The molecule has 0 radical (unpaired) electrons. The van der Waals surface area contributed by atoms with Gasteiger partial charge in [0.2, 0.25) is 0 Å². The Bertz CT molecular complexity index is 850. The number of carbonyl (C=O) groups excluding carboxylic acids is 1. The molecule has 4 atom stereocenters. The second-order valence-electron chi connectivity index (χ2n) is 9.62. The van der Waals surface area contributed by atoms with Crippen molar-refractivity contribution in [2.45, 2.75) is 74.0 Å². The molecule has 144 valence electrons. The van der Waals surface area contributed by atoms with Crippen LogP contribution in [0.2, 0.25) is 0 Å². The summed E-state index contributed by atoms with van der Waals surface area (Å²) in [6.45, 7) is 0.953. The molecule has 4 bridgehead atoms. The van der Waals surface area contributed by atoms with Gasteiger partial charge >= 0.3 is 5.97 Å². The van der Waals surface area contributed by atoms with Gasteiger partial charge in [-0.05, 0) is 92.7 Å². The second-order valence-corrected chi connectivity index (χ2v) is 9.62. The van der Waals surface area contributed by atoms with Crippen molar-refractivity contribution >= 4 is 5.97 Å². The van der Waals surface area contributed by atoms with Crippen molar-refractivity contribution < 1.29 is 14.3 Å². The molecule has 3 aliphatic heterocycles. The maximum absolute atomic E-state index is 12.7. The summed E-state index contributed by atoms with van der Waals surface area (Å²) in [6, 6.07) is 4.67. The third-order valence-electron chi connectivity index (χ3n) is 8.24. The number of ether oxygens (including phenoxy) is 2. The molecule has 3 N–H and O–H groups in total. The molecule has 3 saturated heterocycles. The van der Waals surface area contributed by atoms with Crippen LogP contribution in [0.1, 0.15) is 55.2 Å². The first-order chi connectivity index (χ1) is 13.0. The second kappa shape index (κ2) is 5.06. The van der Waals surface area contributed by atoms with E-state index < -0.39 is 11.1 Å². The van der Waals surface area contributed by atoms with Gasteiger partial charge in [-0.2, -0.15) is 0 Å². The Morgan fingerprint density at radius 1 is 1.30 bits per heavy atom. The SMILES string of the molecule is COc1cc(CC2CC2)c2c(c1)[C@]13CCN[C@H](C2)[C@]12CC[C@](N)(C3)C(=O)O2. The summed E-state index contributed by atoms with van der Waals surface area (Å²) in [7, 11) is 1.75. The first kappa shape index (κ1) is 16.4. The van der Waals surface area contributed by atoms with Crippen LogP contribution in [0.15, 0.2) is 12.1 Å². The molecule has 0 amide bonds. The molecule has 1 spiro atoms. The van der Waals surface area contributed by atoms with E-state index >= 15 is 0 Å². The van der Waals surface area contributed by atoms with Gasteiger partial charge in [0.1, 0.15) is 16.9 Å². The highest BCUT2D eigenvalue weighted by Gasteiger charge is 2.73. The van der Waals surface area contributed by atoms with Crippen LogP contribution in [-0.2, 0) is 27.8 Å². The van der Waals surface area contributed by atoms with Crippen LogP contribution in [0.4, 0.5) is 0 Å². The standard InChI is InChI=1S/C22H28N2O3/c1-26-15-9-14(8-13-2-3-13)16-11-18-22-5-4-21(23,19(25)27-22)12-20(22,6-7-24-18)17(16)10-15/h9-10,13,18,24H,2-8,11-12,23H2,1H3/t18-,20-,21+,22-/m1/s1. The first-order valence-corrected chi connectivity index (χ1v) is 10.5. The number of rotatable bonds is 3. The minimum atomic E-state index is -0.835. The lowest BCUT2D eigenvalue weighted by molar-refractivity contribution is -0.229. The Hall–Kier alpha value is -1.59. The normalized spacial score (nSPS) is 41.6. The highest BCUT2D eigenvalue weighted by molar-refractivity contribution is 5.84. The third kappa shape index (κ3) is 1.94. The number of nitrogens with one attached hydrogen (secondary N) is 1. The Morgan fingerprint density at radius 2 is 2.15 bits per heavy atom. The van der Waals surface area contributed by atoms with Gasteiger partial charge in [0.05, 0.1) is 13.2 Å². The number of piperidine rings is 1. The predicted octanol–water partition coefficient (Wildman–Crippen LogP) is 1.98. The molecular formula is C22H28N2O3. The number of benzene rings is 1. The highest BCUT2D eigenvalue weighted by atomic mass is 16.6. The molecule has 27 heavy (non-hydrogen) atoms. The van der Waals surface area contributed by atoms with Gasteiger partial charge in [-0.25, -0.2) is 0 Å². The summed E-state index contributed by atoms with van der Waals surface area (Å²) in [5, 5.41) is 3.71. The van der Waals surface area contributed by atoms with Gasteiger partial charge in [-0.3, -0.25) is 4.79 Å². The average Bonchev–Trinajstić information content (AvgIpc) is 3.46.